The van der Waals surface area contributed by atoms with E-state index in [0.29, 0.717) is 47.4 Å². The SMILES string of the molecule is CCn1c(=O)c(-c2ccc(-c3nccnc3C)cc2Cl)cc2cnc(NC3CCN(C(C)=O)C3)nc21. The van der Waals surface area contributed by atoms with Gasteiger partial charge in [-0.05, 0) is 32.4 Å². The van der Waals surface area contributed by atoms with E-state index in [1.807, 2.05) is 32.0 Å². The molecule has 0 radical (unpaired) electrons. The van der Waals surface area contributed by atoms with Crippen molar-refractivity contribution >= 4 is 34.5 Å². The monoisotopic (exact) mass is 503 g/mol. The molecule has 0 saturated carbocycles. The molecule has 0 bridgehead atoms. The summed E-state index contributed by atoms with van der Waals surface area (Å²) in [5, 5.41) is 4.49. The fourth-order valence-corrected chi connectivity index (χ4v) is 4.92. The minimum absolute atomic E-state index is 0.0598. The lowest BCUT2D eigenvalue weighted by Gasteiger charge is -2.16. The average Bonchev–Trinajstić information content (AvgIpc) is 3.33. The smallest absolute Gasteiger partial charge is 0.260 e. The molecular formula is C26H26ClN7O2. The molecular weight excluding hydrogens is 478 g/mol. The highest BCUT2D eigenvalue weighted by molar-refractivity contribution is 6.33. The maximum atomic E-state index is 13.5. The first-order valence-corrected chi connectivity index (χ1v) is 12.2. The van der Waals surface area contributed by atoms with Crippen LogP contribution in [0.15, 0.2) is 47.7 Å². The van der Waals surface area contributed by atoms with Crippen molar-refractivity contribution in [3.8, 4) is 22.4 Å². The standard InChI is InChI=1S/C26H26ClN7O2/c1-4-34-24-18(13-30-26(32-24)31-19-7-10-33(14-19)16(3)35)11-21(25(34)36)20-6-5-17(12-22(20)27)23-15(2)28-8-9-29-23/h5-6,8-9,11-13,19H,4,7,10,14H2,1-3H3,(H,30,31,32). The number of pyridine rings is 1. The predicted octanol–water partition coefficient (Wildman–Crippen LogP) is 3.93. The van der Waals surface area contributed by atoms with Gasteiger partial charge < -0.3 is 10.2 Å². The summed E-state index contributed by atoms with van der Waals surface area (Å²) in [6.07, 6.45) is 5.82. The lowest BCUT2D eigenvalue weighted by atomic mass is 10.0. The predicted molar refractivity (Wildman–Crippen MR) is 140 cm³/mol. The Hall–Kier alpha value is -3.85. The van der Waals surface area contributed by atoms with Crippen LogP contribution in [0.4, 0.5) is 5.95 Å². The number of aromatic nitrogens is 5. The number of hydrogen-bond acceptors (Lipinski definition) is 7. The fourth-order valence-electron chi connectivity index (χ4n) is 4.63. The van der Waals surface area contributed by atoms with Crippen molar-refractivity contribution in [1.82, 2.24) is 29.4 Å². The van der Waals surface area contributed by atoms with Crippen molar-refractivity contribution in [2.75, 3.05) is 18.4 Å². The Labute approximate surface area is 213 Å². The van der Waals surface area contributed by atoms with E-state index >= 15 is 0 Å². The number of amides is 1. The van der Waals surface area contributed by atoms with E-state index in [2.05, 4.69) is 25.3 Å². The third-order valence-electron chi connectivity index (χ3n) is 6.52. The second-order valence-electron chi connectivity index (χ2n) is 8.86. The molecule has 4 aromatic rings. The van der Waals surface area contributed by atoms with E-state index in [9.17, 15) is 9.59 Å². The highest BCUT2D eigenvalue weighted by atomic mass is 35.5. The number of carbonyl (C=O) groups is 1. The number of likely N-dealkylation sites (tertiary alicyclic amines) is 1. The van der Waals surface area contributed by atoms with Crippen LogP contribution in [-0.4, -0.2) is 54.4 Å². The Morgan fingerprint density at radius 1 is 1.17 bits per heavy atom. The van der Waals surface area contributed by atoms with Crippen LogP contribution in [0.5, 0.6) is 0 Å². The van der Waals surface area contributed by atoms with Gasteiger partial charge in [0, 0.05) is 78.3 Å². The summed E-state index contributed by atoms with van der Waals surface area (Å²) in [7, 11) is 0. The summed E-state index contributed by atoms with van der Waals surface area (Å²) in [5.41, 5.74) is 3.87. The van der Waals surface area contributed by atoms with Crippen LogP contribution >= 0.6 is 11.6 Å². The summed E-state index contributed by atoms with van der Waals surface area (Å²) < 4.78 is 1.63. The van der Waals surface area contributed by atoms with Crippen LogP contribution in [-0.2, 0) is 11.3 Å². The number of aryl methyl sites for hydroxylation is 2. The Kier molecular flexibility index (Phi) is 6.40. The minimum Gasteiger partial charge on any atom is -0.350 e. The molecule has 1 amide bonds. The molecule has 0 spiro atoms. The van der Waals surface area contributed by atoms with Crippen molar-refractivity contribution in [2.45, 2.75) is 39.8 Å². The highest BCUT2D eigenvalue weighted by Gasteiger charge is 2.25. The molecule has 1 atom stereocenters. The number of nitrogens with zero attached hydrogens (tertiary/aromatic N) is 6. The van der Waals surface area contributed by atoms with Gasteiger partial charge in [-0.1, -0.05) is 23.7 Å². The van der Waals surface area contributed by atoms with Crippen LogP contribution in [0.1, 0.15) is 26.0 Å². The van der Waals surface area contributed by atoms with Gasteiger partial charge in [0.2, 0.25) is 11.9 Å². The maximum Gasteiger partial charge on any atom is 0.260 e. The molecule has 3 aromatic heterocycles. The van der Waals surface area contributed by atoms with Crippen LogP contribution < -0.4 is 10.9 Å². The summed E-state index contributed by atoms with van der Waals surface area (Å²) in [4.78, 5) is 44.8. The number of anilines is 1. The zero-order chi connectivity index (χ0) is 25.4. The summed E-state index contributed by atoms with van der Waals surface area (Å²) in [5.74, 6) is 0.499. The largest absolute Gasteiger partial charge is 0.350 e. The van der Waals surface area contributed by atoms with E-state index in [4.69, 9.17) is 11.6 Å². The van der Waals surface area contributed by atoms with Gasteiger partial charge in [-0.2, -0.15) is 4.98 Å². The molecule has 1 saturated heterocycles. The molecule has 0 aliphatic carbocycles. The molecule has 5 rings (SSSR count). The van der Waals surface area contributed by atoms with Crippen LogP contribution in [0, 0.1) is 6.92 Å². The average molecular weight is 504 g/mol. The number of hydrogen-bond donors (Lipinski definition) is 1. The zero-order valence-corrected chi connectivity index (χ0v) is 21.1. The second kappa shape index (κ2) is 9.66. The number of halogens is 1. The Morgan fingerprint density at radius 3 is 2.67 bits per heavy atom. The van der Waals surface area contributed by atoms with Crippen LogP contribution in [0.3, 0.4) is 0 Å². The quantitative estimate of drug-likeness (QED) is 0.439. The van der Waals surface area contributed by atoms with Crippen molar-refractivity contribution in [3.05, 3.63) is 63.9 Å². The van der Waals surface area contributed by atoms with Gasteiger partial charge in [-0.25, -0.2) is 4.98 Å². The van der Waals surface area contributed by atoms with E-state index in [1.54, 1.807) is 41.0 Å². The van der Waals surface area contributed by atoms with E-state index in [-0.39, 0.29) is 17.5 Å². The zero-order valence-electron chi connectivity index (χ0n) is 20.3. The third kappa shape index (κ3) is 4.42. The summed E-state index contributed by atoms with van der Waals surface area (Å²) >= 11 is 6.67. The molecule has 4 heterocycles. The van der Waals surface area contributed by atoms with Crippen LogP contribution in [0.2, 0.25) is 5.02 Å². The molecule has 1 aromatic carbocycles. The van der Waals surface area contributed by atoms with Crippen molar-refractivity contribution < 1.29 is 4.79 Å². The van der Waals surface area contributed by atoms with Crippen molar-refractivity contribution in [2.24, 2.45) is 0 Å². The van der Waals surface area contributed by atoms with Gasteiger partial charge in [0.05, 0.1) is 11.4 Å². The first-order chi connectivity index (χ1) is 17.4. The first-order valence-electron chi connectivity index (χ1n) is 11.9. The van der Waals surface area contributed by atoms with Gasteiger partial charge in [0.15, 0.2) is 0 Å². The van der Waals surface area contributed by atoms with E-state index in [1.165, 1.54) is 0 Å². The van der Waals surface area contributed by atoms with Gasteiger partial charge in [-0.3, -0.25) is 24.1 Å². The molecule has 1 unspecified atom stereocenters. The lowest BCUT2D eigenvalue weighted by Crippen LogP contribution is -2.30. The second-order valence-corrected chi connectivity index (χ2v) is 9.27. The Morgan fingerprint density at radius 2 is 1.97 bits per heavy atom. The number of carbonyl (C=O) groups excluding carboxylic acids is 1. The molecule has 1 aliphatic rings. The van der Waals surface area contributed by atoms with E-state index < -0.39 is 0 Å². The van der Waals surface area contributed by atoms with Crippen molar-refractivity contribution in [1.29, 1.82) is 0 Å². The highest BCUT2D eigenvalue weighted by Crippen LogP contribution is 2.32. The number of nitrogens with one attached hydrogen (secondary N) is 1. The fraction of sp³-hybridized carbons (Fsp3) is 0.308. The van der Waals surface area contributed by atoms with Crippen LogP contribution in [0.25, 0.3) is 33.4 Å². The molecule has 1 N–H and O–H groups in total. The molecule has 1 fully saturated rings. The van der Waals surface area contributed by atoms with Gasteiger partial charge in [0.25, 0.3) is 5.56 Å². The summed E-state index contributed by atoms with van der Waals surface area (Å²) in [6, 6.07) is 7.40. The Balaban J connectivity index is 1.51. The van der Waals surface area contributed by atoms with E-state index in [0.717, 1.165) is 28.8 Å². The van der Waals surface area contributed by atoms with Gasteiger partial charge >= 0.3 is 0 Å². The van der Waals surface area contributed by atoms with Crippen molar-refractivity contribution in [3.63, 3.8) is 0 Å². The number of fused-ring (bicyclic) bond motifs is 1. The minimum atomic E-state index is -0.177. The first kappa shape index (κ1) is 23.9. The normalized spacial score (nSPS) is 15.4. The molecule has 10 heteroatoms. The topological polar surface area (TPSA) is 106 Å². The molecule has 9 nitrogen and oxygen atoms in total. The van der Waals surface area contributed by atoms with Gasteiger partial charge in [0.1, 0.15) is 5.65 Å². The Bertz CT molecular complexity index is 1540. The lowest BCUT2D eigenvalue weighted by molar-refractivity contribution is -0.127. The summed E-state index contributed by atoms with van der Waals surface area (Å²) in [6.45, 7) is 7.13. The molecule has 36 heavy (non-hydrogen) atoms. The third-order valence-corrected chi connectivity index (χ3v) is 6.84. The molecule has 184 valence electrons. The number of rotatable bonds is 5. The van der Waals surface area contributed by atoms with Gasteiger partial charge in [-0.15, -0.1) is 0 Å². The maximum absolute atomic E-state index is 13.5. The number of benzene rings is 1. The molecule has 1 aliphatic heterocycles.